The van der Waals surface area contributed by atoms with Gasteiger partial charge in [-0.05, 0) is 42.3 Å². The van der Waals surface area contributed by atoms with E-state index in [0.29, 0.717) is 23.4 Å². The molecule has 2 aromatic rings. The van der Waals surface area contributed by atoms with Crippen molar-refractivity contribution in [3.8, 4) is 0 Å². The zero-order valence-corrected chi connectivity index (χ0v) is 12.0. The molecule has 0 bridgehead atoms. The number of Topliss-reactive ketones (excluding diaryl/α,β-unsaturated/α-hetero) is 2. The van der Waals surface area contributed by atoms with Crippen LogP contribution in [0.1, 0.15) is 28.4 Å². The van der Waals surface area contributed by atoms with E-state index in [-0.39, 0.29) is 11.6 Å². The Morgan fingerprint density at radius 2 is 1.35 bits per heavy atom. The summed E-state index contributed by atoms with van der Waals surface area (Å²) in [6.07, 6.45) is 0.785. The van der Waals surface area contributed by atoms with Crippen LogP contribution in [0.15, 0.2) is 48.5 Å². The molecule has 0 aromatic heterocycles. The number of carbonyl (C=O) groups excluding carboxylic acids is 2. The first-order chi connectivity index (χ1) is 9.54. The Labute approximate surface area is 123 Å². The minimum atomic E-state index is 0.0565. The van der Waals surface area contributed by atoms with Gasteiger partial charge in [-0.15, -0.1) is 0 Å². The molecule has 3 heteroatoms. The van der Waals surface area contributed by atoms with E-state index in [9.17, 15) is 9.59 Å². The van der Waals surface area contributed by atoms with Gasteiger partial charge in [-0.3, -0.25) is 9.59 Å². The fraction of sp³-hybridized carbons (Fsp3) is 0.176. The zero-order chi connectivity index (χ0) is 14.5. The van der Waals surface area contributed by atoms with Gasteiger partial charge in [-0.25, -0.2) is 0 Å². The Kier molecular flexibility index (Phi) is 4.70. The highest BCUT2D eigenvalue weighted by atomic mass is 35.5. The molecule has 0 aliphatic heterocycles. The Balaban J connectivity index is 2.04. The van der Waals surface area contributed by atoms with E-state index in [2.05, 4.69) is 0 Å². The van der Waals surface area contributed by atoms with Crippen LogP contribution in [0.4, 0.5) is 0 Å². The van der Waals surface area contributed by atoms with Crippen LogP contribution in [0.2, 0.25) is 5.02 Å². The number of ketones is 2. The van der Waals surface area contributed by atoms with Crippen molar-refractivity contribution in [2.24, 2.45) is 0 Å². The van der Waals surface area contributed by atoms with Crippen molar-refractivity contribution in [1.82, 2.24) is 0 Å². The molecule has 2 rings (SSSR count). The van der Waals surface area contributed by atoms with Crippen LogP contribution in [-0.2, 0) is 17.6 Å². The highest BCUT2D eigenvalue weighted by molar-refractivity contribution is 6.30. The molecule has 0 spiro atoms. The van der Waals surface area contributed by atoms with E-state index in [1.165, 1.54) is 0 Å². The van der Waals surface area contributed by atoms with Crippen LogP contribution in [0, 0.1) is 0 Å². The average molecular weight is 287 g/mol. The van der Waals surface area contributed by atoms with Crippen molar-refractivity contribution in [1.29, 1.82) is 0 Å². The third-order valence-electron chi connectivity index (χ3n) is 3.01. The molecule has 0 aliphatic carbocycles. The maximum atomic E-state index is 12.1. The summed E-state index contributed by atoms with van der Waals surface area (Å²) >= 11 is 5.80. The minimum absolute atomic E-state index is 0.0565. The smallest absolute Gasteiger partial charge is 0.167 e. The molecule has 0 heterocycles. The third kappa shape index (κ3) is 4.04. The standard InChI is InChI=1S/C17H15ClO2/c1-12(19)10-13-2-4-14(5-3-13)11-17(20)15-6-8-16(18)9-7-15/h2-9H,10-11H2,1H3. The van der Waals surface area contributed by atoms with Gasteiger partial charge < -0.3 is 0 Å². The molecule has 0 saturated heterocycles. The summed E-state index contributed by atoms with van der Waals surface area (Å²) in [5.74, 6) is 0.191. The molecule has 20 heavy (non-hydrogen) atoms. The van der Waals surface area contributed by atoms with Crippen LogP contribution in [0.5, 0.6) is 0 Å². The summed E-state index contributed by atoms with van der Waals surface area (Å²) in [5, 5.41) is 0.620. The number of benzene rings is 2. The van der Waals surface area contributed by atoms with Gasteiger partial charge >= 0.3 is 0 Å². The van der Waals surface area contributed by atoms with Crippen LogP contribution < -0.4 is 0 Å². The van der Waals surface area contributed by atoms with Gasteiger partial charge in [0.15, 0.2) is 5.78 Å². The van der Waals surface area contributed by atoms with E-state index < -0.39 is 0 Å². The second-order valence-electron chi connectivity index (χ2n) is 4.80. The molecular formula is C17H15ClO2. The molecule has 0 radical (unpaired) electrons. The van der Waals surface area contributed by atoms with E-state index >= 15 is 0 Å². The molecule has 2 nitrogen and oxygen atoms in total. The van der Waals surface area contributed by atoms with Crippen molar-refractivity contribution in [3.05, 3.63) is 70.2 Å². The van der Waals surface area contributed by atoms with Crippen LogP contribution in [-0.4, -0.2) is 11.6 Å². The van der Waals surface area contributed by atoms with E-state index in [4.69, 9.17) is 11.6 Å². The van der Waals surface area contributed by atoms with Crippen molar-refractivity contribution in [2.45, 2.75) is 19.8 Å². The number of hydrogen-bond acceptors (Lipinski definition) is 2. The van der Waals surface area contributed by atoms with Gasteiger partial charge in [0.2, 0.25) is 0 Å². The van der Waals surface area contributed by atoms with Gasteiger partial charge in [-0.1, -0.05) is 35.9 Å². The first-order valence-corrected chi connectivity index (χ1v) is 6.78. The van der Waals surface area contributed by atoms with Gasteiger partial charge in [0.1, 0.15) is 5.78 Å². The lowest BCUT2D eigenvalue weighted by atomic mass is 10.0. The number of halogens is 1. The highest BCUT2D eigenvalue weighted by Crippen LogP contribution is 2.13. The molecule has 0 amide bonds. The Bertz CT molecular complexity index is 612. The number of hydrogen-bond donors (Lipinski definition) is 0. The molecular weight excluding hydrogens is 272 g/mol. The summed E-state index contributed by atoms with van der Waals surface area (Å²) in [5.41, 5.74) is 2.57. The lowest BCUT2D eigenvalue weighted by molar-refractivity contribution is -0.116. The average Bonchev–Trinajstić information content (AvgIpc) is 2.41. The maximum Gasteiger partial charge on any atom is 0.167 e. The van der Waals surface area contributed by atoms with Crippen LogP contribution >= 0.6 is 11.6 Å². The normalized spacial score (nSPS) is 10.3. The topological polar surface area (TPSA) is 34.1 Å². The Hall–Kier alpha value is -1.93. The minimum Gasteiger partial charge on any atom is -0.300 e. The van der Waals surface area contributed by atoms with Crippen molar-refractivity contribution >= 4 is 23.2 Å². The van der Waals surface area contributed by atoms with Crippen molar-refractivity contribution in [2.75, 3.05) is 0 Å². The summed E-state index contributed by atoms with van der Waals surface area (Å²) in [6, 6.07) is 14.5. The first kappa shape index (κ1) is 14.5. The predicted molar refractivity (Wildman–Crippen MR) is 80.3 cm³/mol. The molecule has 0 fully saturated rings. The monoisotopic (exact) mass is 286 g/mol. The van der Waals surface area contributed by atoms with Gasteiger partial charge in [-0.2, -0.15) is 0 Å². The van der Waals surface area contributed by atoms with E-state index in [1.54, 1.807) is 31.2 Å². The summed E-state index contributed by atoms with van der Waals surface area (Å²) < 4.78 is 0. The zero-order valence-electron chi connectivity index (χ0n) is 11.2. The van der Waals surface area contributed by atoms with Gasteiger partial charge in [0, 0.05) is 23.4 Å². The lowest BCUT2D eigenvalue weighted by Crippen LogP contribution is -2.03. The second-order valence-corrected chi connectivity index (χ2v) is 5.24. The fourth-order valence-corrected chi connectivity index (χ4v) is 2.11. The molecule has 2 aromatic carbocycles. The molecule has 0 saturated carbocycles. The second kappa shape index (κ2) is 6.49. The van der Waals surface area contributed by atoms with E-state index in [1.807, 2.05) is 24.3 Å². The van der Waals surface area contributed by atoms with Gasteiger partial charge in [0.05, 0.1) is 0 Å². The van der Waals surface area contributed by atoms with Crippen LogP contribution in [0.3, 0.4) is 0 Å². The van der Waals surface area contributed by atoms with E-state index in [0.717, 1.165) is 11.1 Å². The largest absolute Gasteiger partial charge is 0.300 e. The number of rotatable bonds is 5. The van der Waals surface area contributed by atoms with Crippen LogP contribution in [0.25, 0.3) is 0 Å². The summed E-state index contributed by atoms with van der Waals surface area (Å²) in [6.45, 7) is 1.57. The third-order valence-corrected chi connectivity index (χ3v) is 3.26. The fourth-order valence-electron chi connectivity index (χ4n) is 1.99. The number of carbonyl (C=O) groups is 2. The Morgan fingerprint density at radius 1 is 0.850 bits per heavy atom. The SMILES string of the molecule is CC(=O)Cc1ccc(CC(=O)c2ccc(Cl)cc2)cc1. The van der Waals surface area contributed by atoms with Gasteiger partial charge in [0.25, 0.3) is 0 Å². The highest BCUT2D eigenvalue weighted by Gasteiger charge is 2.07. The summed E-state index contributed by atoms with van der Waals surface area (Å²) in [4.78, 5) is 23.1. The lowest BCUT2D eigenvalue weighted by Gasteiger charge is -2.03. The Morgan fingerprint density at radius 3 is 1.85 bits per heavy atom. The van der Waals surface area contributed by atoms with Crippen molar-refractivity contribution < 1.29 is 9.59 Å². The summed E-state index contributed by atoms with van der Waals surface area (Å²) in [7, 11) is 0. The maximum absolute atomic E-state index is 12.1. The molecule has 102 valence electrons. The quantitative estimate of drug-likeness (QED) is 0.781. The van der Waals surface area contributed by atoms with Crippen molar-refractivity contribution in [3.63, 3.8) is 0 Å². The first-order valence-electron chi connectivity index (χ1n) is 6.40. The molecule has 0 unspecified atom stereocenters. The predicted octanol–water partition coefficient (Wildman–Crippen LogP) is 3.90. The molecule has 0 aliphatic rings. The molecule has 0 N–H and O–H groups in total. The molecule has 0 atom stereocenters.